The molecule has 0 aliphatic carbocycles. The minimum Gasteiger partial charge on any atom is -0.360 e. The maximum atomic E-state index is 12.8. The number of H-pyrrole nitrogens is 1. The molecule has 3 heterocycles. The molecule has 0 bridgehead atoms. The van der Waals surface area contributed by atoms with Crippen LogP contribution in [0.5, 0.6) is 0 Å². The number of aromatic nitrogens is 4. The van der Waals surface area contributed by atoms with Crippen molar-refractivity contribution in [2.75, 3.05) is 6.54 Å². The molecule has 172 valence electrons. The maximum absolute atomic E-state index is 12.8. The minimum absolute atomic E-state index is 0.00506. The maximum Gasteiger partial charge on any atom is 0.233 e. The third kappa shape index (κ3) is 4.51. The van der Waals surface area contributed by atoms with Gasteiger partial charge in [0.2, 0.25) is 5.91 Å². The van der Waals surface area contributed by atoms with Crippen molar-refractivity contribution in [1.29, 1.82) is 0 Å². The van der Waals surface area contributed by atoms with Gasteiger partial charge < -0.3 is 10.3 Å². The molecule has 5 aromatic rings. The molecular formula is C26H25N5OS2. The van der Waals surface area contributed by atoms with Gasteiger partial charge in [0.25, 0.3) is 0 Å². The van der Waals surface area contributed by atoms with Gasteiger partial charge in [-0.2, -0.15) is 0 Å². The van der Waals surface area contributed by atoms with Crippen LogP contribution in [-0.4, -0.2) is 37.5 Å². The third-order valence-corrected chi connectivity index (χ3v) is 7.70. The molecule has 8 heteroatoms. The quantitative estimate of drug-likeness (QED) is 0.278. The predicted octanol–water partition coefficient (Wildman–Crippen LogP) is 5.63. The zero-order valence-corrected chi connectivity index (χ0v) is 20.6. The number of amides is 1. The molecule has 0 spiro atoms. The third-order valence-electron chi connectivity index (χ3n) is 5.72. The van der Waals surface area contributed by atoms with Gasteiger partial charge in [-0.3, -0.25) is 9.36 Å². The summed E-state index contributed by atoms with van der Waals surface area (Å²) in [7, 11) is 0. The summed E-state index contributed by atoms with van der Waals surface area (Å²) in [4.78, 5) is 17.4. The number of fused-ring (bicyclic) bond motifs is 1. The number of hydrogen-bond donors (Lipinski definition) is 2. The molecule has 6 nitrogen and oxygen atoms in total. The van der Waals surface area contributed by atoms with Crippen LogP contribution in [0.3, 0.4) is 0 Å². The van der Waals surface area contributed by atoms with E-state index in [-0.39, 0.29) is 11.2 Å². The monoisotopic (exact) mass is 487 g/mol. The molecule has 0 aliphatic heterocycles. The Morgan fingerprint density at radius 1 is 1.12 bits per heavy atom. The average molecular weight is 488 g/mol. The zero-order valence-electron chi connectivity index (χ0n) is 19.0. The van der Waals surface area contributed by atoms with Gasteiger partial charge in [-0.1, -0.05) is 54.2 Å². The van der Waals surface area contributed by atoms with E-state index in [4.69, 9.17) is 0 Å². The molecule has 1 unspecified atom stereocenters. The van der Waals surface area contributed by atoms with Crippen LogP contribution < -0.4 is 5.32 Å². The molecule has 0 aliphatic rings. The first-order valence-corrected chi connectivity index (χ1v) is 12.9. The van der Waals surface area contributed by atoms with Gasteiger partial charge in [-0.25, -0.2) is 0 Å². The highest BCUT2D eigenvalue weighted by Gasteiger charge is 2.23. The van der Waals surface area contributed by atoms with Crippen molar-refractivity contribution in [2.24, 2.45) is 0 Å². The molecule has 2 N–H and O–H groups in total. The lowest BCUT2D eigenvalue weighted by atomic mass is 10.1. The van der Waals surface area contributed by atoms with Crippen molar-refractivity contribution in [3.63, 3.8) is 0 Å². The number of carbonyl (C=O) groups is 1. The van der Waals surface area contributed by atoms with Gasteiger partial charge >= 0.3 is 0 Å². The predicted molar refractivity (Wildman–Crippen MR) is 140 cm³/mol. The lowest BCUT2D eigenvalue weighted by Crippen LogP contribution is -2.32. The Kier molecular flexibility index (Phi) is 6.51. The summed E-state index contributed by atoms with van der Waals surface area (Å²) in [6.45, 7) is 4.60. The molecule has 1 atom stereocenters. The van der Waals surface area contributed by atoms with Gasteiger partial charge in [0, 0.05) is 34.1 Å². The number of benzene rings is 2. The van der Waals surface area contributed by atoms with Crippen LogP contribution >= 0.6 is 23.1 Å². The lowest BCUT2D eigenvalue weighted by molar-refractivity contribution is -0.120. The number of rotatable bonds is 8. The Balaban J connectivity index is 1.44. The number of nitrogens with zero attached hydrogens (tertiary/aromatic N) is 3. The fourth-order valence-electron chi connectivity index (χ4n) is 3.93. The van der Waals surface area contributed by atoms with E-state index >= 15 is 0 Å². The molecular weight excluding hydrogens is 462 g/mol. The molecule has 0 saturated carbocycles. The Morgan fingerprint density at radius 2 is 1.94 bits per heavy atom. The van der Waals surface area contributed by atoms with Crippen molar-refractivity contribution >= 4 is 39.9 Å². The molecule has 1 amide bonds. The minimum atomic E-state index is -0.314. The number of aromatic amines is 1. The first-order valence-electron chi connectivity index (χ1n) is 11.2. The molecule has 5 rings (SSSR count). The molecule has 2 aromatic carbocycles. The van der Waals surface area contributed by atoms with Gasteiger partial charge in [-0.05, 0) is 49.4 Å². The van der Waals surface area contributed by atoms with E-state index in [1.807, 2.05) is 49.5 Å². The normalized spacial score (nSPS) is 12.2. The van der Waals surface area contributed by atoms with E-state index in [0.29, 0.717) is 11.7 Å². The summed E-state index contributed by atoms with van der Waals surface area (Å²) in [5.74, 6) is 0.745. The van der Waals surface area contributed by atoms with Gasteiger partial charge in [0.1, 0.15) is 0 Å². The van der Waals surface area contributed by atoms with Gasteiger partial charge in [0.05, 0.1) is 10.9 Å². The zero-order chi connectivity index (χ0) is 23.5. The van der Waals surface area contributed by atoms with Crippen LogP contribution in [-0.2, 0) is 11.2 Å². The second-order valence-electron chi connectivity index (χ2n) is 8.06. The summed E-state index contributed by atoms with van der Waals surface area (Å²) in [6, 6.07) is 20.4. The molecule has 34 heavy (non-hydrogen) atoms. The number of para-hydroxylation sites is 2. The number of thiophene rings is 1. The van der Waals surface area contributed by atoms with Crippen LogP contribution in [0.15, 0.2) is 77.4 Å². The average Bonchev–Trinajstić information content (AvgIpc) is 3.59. The first kappa shape index (κ1) is 22.4. The van der Waals surface area contributed by atoms with Crippen LogP contribution in [0.1, 0.15) is 17.4 Å². The van der Waals surface area contributed by atoms with E-state index in [2.05, 4.69) is 61.6 Å². The standard InChI is InChI=1S/C26H25N5OS2/c1-17-8-3-6-12-23(17)31-24(21-16-28-22-11-5-4-10-20(21)22)29-30-26(31)34-18(2)25(32)27-14-13-19-9-7-15-33-19/h3-12,15-16,18,28H,13-14H2,1-2H3,(H,27,32). The van der Waals surface area contributed by atoms with E-state index in [1.54, 1.807) is 11.3 Å². The van der Waals surface area contributed by atoms with E-state index < -0.39 is 0 Å². The van der Waals surface area contributed by atoms with Gasteiger partial charge in [0.15, 0.2) is 11.0 Å². The summed E-state index contributed by atoms with van der Waals surface area (Å²) in [5, 5.41) is 15.7. The molecule has 3 aromatic heterocycles. The largest absolute Gasteiger partial charge is 0.360 e. The van der Waals surface area contributed by atoms with Crippen molar-refractivity contribution in [2.45, 2.75) is 30.7 Å². The topological polar surface area (TPSA) is 75.6 Å². The van der Waals surface area contributed by atoms with Crippen LogP contribution in [0.25, 0.3) is 28.0 Å². The number of aryl methyl sites for hydroxylation is 1. The Labute approximate surface area is 206 Å². The second-order valence-corrected chi connectivity index (χ2v) is 10.4. The summed E-state index contributed by atoms with van der Waals surface area (Å²) in [5.41, 5.74) is 4.13. The summed E-state index contributed by atoms with van der Waals surface area (Å²) >= 11 is 3.13. The fourth-order valence-corrected chi connectivity index (χ4v) is 5.52. The fraction of sp³-hybridized carbons (Fsp3) is 0.192. The lowest BCUT2D eigenvalue weighted by Gasteiger charge is -2.15. The molecule has 0 saturated heterocycles. The highest BCUT2D eigenvalue weighted by atomic mass is 32.2. The van der Waals surface area contributed by atoms with Crippen molar-refractivity contribution < 1.29 is 4.79 Å². The van der Waals surface area contributed by atoms with E-state index in [1.165, 1.54) is 16.6 Å². The number of thioether (sulfide) groups is 1. The summed E-state index contributed by atoms with van der Waals surface area (Å²) < 4.78 is 2.06. The van der Waals surface area contributed by atoms with Crippen molar-refractivity contribution in [3.05, 3.63) is 82.7 Å². The van der Waals surface area contributed by atoms with Crippen LogP contribution in [0, 0.1) is 6.92 Å². The Bertz CT molecular complexity index is 1420. The first-order chi connectivity index (χ1) is 16.6. The molecule has 0 fully saturated rings. The second kappa shape index (κ2) is 9.87. The van der Waals surface area contributed by atoms with Crippen molar-refractivity contribution in [3.8, 4) is 17.1 Å². The Hall–Kier alpha value is -3.36. The number of carbonyl (C=O) groups excluding carboxylic acids is 1. The highest BCUT2D eigenvalue weighted by Crippen LogP contribution is 2.34. The Morgan fingerprint density at radius 3 is 2.76 bits per heavy atom. The van der Waals surface area contributed by atoms with E-state index in [0.717, 1.165) is 40.0 Å². The molecule has 0 radical (unpaired) electrons. The highest BCUT2D eigenvalue weighted by molar-refractivity contribution is 8.00. The van der Waals surface area contributed by atoms with Crippen molar-refractivity contribution in [1.82, 2.24) is 25.1 Å². The van der Waals surface area contributed by atoms with E-state index in [9.17, 15) is 4.79 Å². The van der Waals surface area contributed by atoms with Crippen LogP contribution in [0.4, 0.5) is 0 Å². The smallest absolute Gasteiger partial charge is 0.233 e. The number of nitrogens with one attached hydrogen (secondary N) is 2. The SMILES string of the molecule is Cc1ccccc1-n1c(SC(C)C(=O)NCCc2cccs2)nnc1-c1c[nH]c2ccccc12. The summed E-state index contributed by atoms with van der Waals surface area (Å²) in [6.07, 6.45) is 2.81. The van der Waals surface area contributed by atoms with Gasteiger partial charge in [-0.15, -0.1) is 21.5 Å². The number of hydrogen-bond acceptors (Lipinski definition) is 5. The van der Waals surface area contributed by atoms with Crippen LogP contribution in [0.2, 0.25) is 0 Å².